The van der Waals surface area contributed by atoms with Gasteiger partial charge in [-0.2, -0.15) is 8.78 Å². The van der Waals surface area contributed by atoms with Crippen LogP contribution in [-0.2, 0) is 17.8 Å². The Kier molecular flexibility index (Phi) is 3.78. The van der Waals surface area contributed by atoms with Gasteiger partial charge in [0.15, 0.2) is 0 Å². The van der Waals surface area contributed by atoms with Crippen molar-refractivity contribution < 1.29 is 22.4 Å². The Morgan fingerprint density at radius 1 is 1.21 bits per heavy atom. The Hall–Kier alpha value is -1.59. The first-order chi connectivity index (χ1) is 8.93. The maximum atomic E-state index is 13.1. The number of alkyl halides is 4. The Bertz CT molecular complexity index is 475. The number of benzene rings is 1. The van der Waals surface area contributed by atoms with E-state index in [-0.39, 0.29) is 13.1 Å². The molecule has 104 valence electrons. The zero-order valence-corrected chi connectivity index (χ0v) is 10.1. The largest absolute Gasteiger partial charge is 0.383 e. The second kappa shape index (κ2) is 5.19. The molecule has 0 aliphatic carbocycles. The average molecular weight is 275 g/mol. The van der Waals surface area contributed by atoms with Gasteiger partial charge >= 0.3 is 12.3 Å². The molecule has 1 heterocycles. The van der Waals surface area contributed by atoms with Crippen LogP contribution in [0.5, 0.6) is 0 Å². The molecule has 0 saturated carbocycles. The van der Waals surface area contributed by atoms with Crippen LogP contribution in [0.2, 0.25) is 0 Å². The molecule has 0 saturated heterocycles. The summed E-state index contributed by atoms with van der Waals surface area (Å²) in [4.78, 5) is 12.3. The van der Waals surface area contributed by atoms with Crippen molar-refractivity contribution >= 4 is 5.91 Å². The summed E-state index contributed by atoms with van der Waals surface area (Å²) in [5.41, 5.74) is 1.71. The highest BCUT2D eigenvalue weighted by Gasteiger charge is 2.51. The lowest BCUT2D eigenvalue weighted by Crippen LogP contribution is -2.47. The van der Waals surface area contributed by atoms with Crippen molar-refractivity contribution in [2.24, 2.45) is 0 Å². The van der Waals surface area contributed by atoms with Crippen LogP contribution in [0.3, 0.4) is 0 Å². The minimum Gasteiger partial charge on any atom is -0.333 e. The third-order valence-corrected chi connectivity index (χ3v) is 3.20. The molecule has 6 heteroatoms. The van der Waals surface area contributed by atoms with Crippen LogP contribution >= 0.6 is 0 Å². The Balaban J connectivity index is 2.21. The van der Waals surface area contributed by atoms with E-state index in [2.05, 4.69) is 0 Å². The molecule has 0 aromatic heterocycles. The van der Waals surface area contributed by atoms with E-state index in [0.29, 0.717) is 12.8 Å². The third-order valence-electron chi connectivity index (χ3n) is 3.20. The first-order valence-electron chi connectivity index (χ1n) is 5.95. The third kappa shape index (κ3) is 2.72. The van der Waals surface area contributed by atoms with E-state index in [4.69, 9.17) is 0 Å². The molecular formula is C13H13F4NO. The molecule has 1 aromatic rings. The van der Waals surface area contributed by atoms with Crippen LogP contribution in [-0.4, -0.2) is 29.7 Å². The van der Waals surface area contributed by atoms with Crippen molar-refractivity contribution in [2.45, 2.75) is 31.7 Å². The maximum absolute atomic E-state index is 13.1. The SMILES string of the molecule is O=C(N1CCCc2ccccc2C1)C(F)(F)C(F)F. The molecule has 0 spiro atoms. The number of amides is 1. The van der Waals surface area contributed by atoms with Gasteiger partial charge in [0, 0.05) is 13.1 Å². The Labute approximate surface area is 108 Å². The predicted molar refractivity (Wildman–Crippen MR) is 61.1 cm³/mol. The van der Waals surface area contributed by atoms with E-state index >= 15 is 0 Å². The molecule has 1 amide bonds. The number of halogens is 4. The average Bonchev–Trinajstić information content (AvgIpc) is 2.59. The second-order valence-electron chi connectivity index (χ2n) is 4.52. The monoisotopic (exact) mass is 275 g/mol. The fourth-order valence-corrected chi connectivity index (χ4v) is 2.18. The van der Waals surface area contributed by atoms with Gasteiger partial charge in [-0.15, -0.1) is 0 Å². The number of nitrogens with zero attached hydrogens (tertiary/aromatic N) is 1. The molecule has 2 nitrogen and oxygen atoms in total. The molecular weight excluding hydrogens is 262 g/mol. The molecule has 1 aromatic carbocycles. The minimum absolute atomic E-state index is 0.0443. The lowest BCUT2D eigenvalue weighted by atomic mass is 10.0. The number of hydrogen-bond acceptors (Lipinski definition) is 1. The van der Waals surface area contributed by atoms with E-state index in [0.717, 1.165) is 16.0 Å². The standard InChI is InChI=1S/C13H13F4NO/c14-11(15)13(16,17)12(19)18-7-3-6-9-4-1-2-5-10(9)8-18/h1-2,4-5,11H,3,6-8H2. The molecule has 0 N–H and O–H groups in total. The first-order valence-corrected chi connectivity index (χ1v) is 5.95. The molecule has 0 bridgehead atoms. The van der Waals surface area contributed by atoms with Crippen molar-refractivity contribution in [2.75, 3.05) is 6.54 Å². The van der Waals surface area contributed by atoms with Crippen LogP contribution in [0.15, 0.2) is 24.3 Å². The zero-order chi connectivity index (χ0) is 14.0. The van der Waals surface area contributed by atoms with E-state index in [1.807, 2.05) is 12.1 Å². The smallest absolute Gasteiger partial charge is 0.333 e. The summed E-state index contributed by atoms with van der Waals surface area (Å²) >= 11 is 0. The summed E-state index contributed by atoms with van der Waals surface area (Å²) in [5.74, 6) is -6.40. The molecule has 0 fully saturated rings. The summed E-state index contributed by atoms with van der Waals surface area (Å²) in [6, 6.07) is 7.14. The molecule has 0 radical (unpaired) electrons. The summed E-state index contributed by atoms with van der Waals surface area (Å²) < 4.78 is 50.6. The second-order valence-corrected chi connectivity index (χ2v) is 4.52. The van der Waals surface area contributed by atoms with Gasteiger partial charge < -0.3 is 4.90 Å². The van der Waals surface area contributed by atoms with Gasteiger partial charge in [-0.05, 0) is 24.0 Å². The summed E-state index contributed by atoms with van der Waals surface area (Å²) in [7, 11) is 0. The molecule has 1 aliphatic heterocycles. The fourth-order valence-electron chi connectivity index (χ4n) is 2.18. The molecule has 0 unspecified atom stereocenters. The van der Waals surface area contributed by atoms with Crippen LogP contribution < -0.4 is 0 Å². The van der Waals surface area contributed by atoms with Crippen molar-refractivity contribution in [3.05, 3.63) is 35.4 Å². The Morgan fingerprint density at radius 2 is 1.84 bits per heavy atom. The van der Waals surface area contributed by atoms with E-state index < -0.39 is 18.3 Å². The lowest BCUT2D eigenvalue weighted by molar-refractivity contribution is -0.181. The summed E-state index contributed by atoms with van der Waals surface area (Å²) in [6.45, 7) is 0.0210. The van der Waals surface area contributed by atoms with Crippen molar-refractivity contribution in [1.82, 2.24) is 4.90 Å². The molecule has 0 atom stereocenters. The van der Waals surface area contributed by atoms with Gasteiger partial charge in [0.1, 0.15) is 0 Å². The number of rotatable bonds is 2. The summed E-state index contributed by atoms with van der Waals surface area (Å²) in [6.07, 6.45) is -2.83. The normalized spacial score (nSPS) is 16.2. The topological polar surface area (TPSA) is 20.3 Å². The van der Waals surface area contributed by atoms with Gasteiger partial charge in [0.25, 0.3) is 5.91 Å². The van der Waals surface area contributed by atoms with E-state index in [1.54, 1.807) is 12.1 Å². The van der Waals surface area contributed by atoms with Gasteiger partial charge in [-0.3, -0.25) is 4.79 Å². The van der Waals surface area contributed by atoms with E-state index in [1.165, 1.54) is 0 Å². The highest BCUT2D eigenvalue weighted by molar-refractivity contribution is 5.84. The first kappa shape index (κ1) is 13.8. The van der Waals surface area contributed by atoms with Gasteiger partial charge in [0.2, 0.25) is 0 Å². The minimum atomic E-state index is -4.61. The van der Waals surface area contributed by atoms with Gasteiger partial charge in [-0.25, -0.2) is 8.78 Å². The molecule has 19 heavy (non-hydrogen) atoms. The van der Waals surface area contributed by atoms with E-state index in [9.17, 15) is 22.4 Å². The highest BCUT2D eigenvalue weighted by Crippen LogP contribution is 2.28. The number of carbonyl (C=O) groups is 1. The fraction of sp³-hybridized carbons (Fsp3) is 0.462. The van der Waals surface area contributed by atoms with Crippen LogP contribution in [0.25, 0.3) is 0 Å². The lowest BCUT2D eigenvalue weighted by Gasteiger charge is -2.25. The Morgan fingerprint density at radius 3 is 2.47 bits per heavy atom. The summed E-state index contributed by atoms with van der Waals surface area (Å²) in [5, 5.41) is 0. The highest BCUT2D eigenvalue weighted by atomic mass is 19.3. The van der Waals surface area contributed by atoms with Crippen molar-refractivity contribution in [3.8, 4) is 0 Å². The maximum Gasteiger partial charge on any atom is 0.383 e. The number of hydrogen-bond donors (Lipinski definition) is 0. The number of aryl methyl sites for hydroxylation is 1. The number of fused-ring (bicyclic) bond motifs is 1. The predicted octanol–water partition coefficient (Wildman–Crippen LogP) is 2.86. The quantitative estimate of drug-likeness (QED) is 0.760. The van der Waals surface area contributed by atoms with Crippen LogP contribution in [0.4, 0.5) is 17.6 Å². The molecule has 2 rings (SSSR count). The zero-order valence-electron chi connectivity index (χ0n) is 10.1. The van der Waals surface area contributed by atoms with Crippen LogP contribution in [0, 0.1) is 0 Å². The van der Waals surface area contributed by atoms with Crippen LogP contribution in [0.1, 0.15) is 17.5 Å². The van der Waals surface area contributed by atoms with Crippen molar-refractivity contribution in [3.63, 3.8) is 0 Å². The molecule has 1 aliphatic rings. The van der Waals surface area contributed by atoms with Gasteiger partial charge in [0.05, 0.1) is 0 Å². The number of carbonyl (C=O) groups excluding carboxylic acids is 1. The van der Waals surface area contributed by atoms with Gasteiger partial charge in [-0.1, -0.05) is 24.3 Å². The van der Waals surface area contributed by atoms with Crippen molar-refractivity contribution in [1.29, 1.82) is 0 Å².